The van der Waals surface area contributed by atoms with Crippen molar-refractivity contribution in [1.82, 2.24) is 5.43 Å². The SMILES string of the molecule is Cc1ccc(Cl)cc1C(NN)c1cccc(C2CCC2)c1. The van der Waals surface area contributed by atoms with Crippen molar-refractivity contribution < 1.29 is 0 Å². The summed E-state index contributed by atoms with van der Waals surface area (Å²) in [5, 5.41) is 0.742. The van der Waals surface area contributed by atoms with E-state index in [9.17, 15) is 0 Å². The molecule has 1 atom stereocenters. The molecular weight excluding hydrogens is 280 g/mol. The average molecular weight is 301 g/mol. The Morgan fingerprint density at radius 2 is 2.00 bits per heavy atom. The molecule has 110 valence electrons. The number of hydrogen-bond donors (Lipinski definition) is 2. The highest BCUT2D eigenvalue weighted by Crippen LogP contribution is 2.37. The third-order valence-electron chi connectivity index (χ3n) is 4.54. The molecule has 1 fully saturated rings. The average Bonchev–Trinajstić information content (AvgIpc) is 2.42. The van der Waals surface area contributed by atoms with Crippen molar-refractivity contribution in [1.29, 1.82) is 0 Å². The normalized spacial score (nSPS) is 16.5. The van der Waals surface area contributed by atoms with Gasteiger partial charge in [0.05, 0.1) is 6.04 Å². The topological polar surface area (TPSA) is 38.0 Å². The van der Waals surface area contributed by atoms with Gasteiger partial charge in [-0.2, -0.15) is 0 Å². The van der Waals surface area contributed by atoms with Crippen LogP contribution in [0.2, 0.25) is 5.02 Å². The third-order valence-corrected chi connectivity index (χ3v) is 4.77. The molecule has 0 saturated heterocycles. The molecule has 0 aromatic heterocycles. The molecule has 21 heavy (non-hydrogen) atoms. The Morgan fingerprint density at radius 3 is 2.67 bits per heavy atom. The summed E-state index contributed by atoms with van der Waals surface area (Å²) in [5.74, 6) is 6.56. The van der Waals surface area contributed by atoms with Crippen LogP contribution in [0.15, 0.2) is 42.5 Å². The first-order valence-corrected chi connectivity index (χ1v) is 7.89. The Labute approximate surface area is 131 Å². The van der Waals surface area contributed by atoms with E-state index in [2.05, 4.69) is 36.6 Å². The molecule has 0 spiro atoms. The van der Waals surface area contributed by atoms with Crippen LogP contribution in [0.3, 0.4) is 0 Å². The highest BCUT2D eigenvalue weighted by molar-refractivity contribution is 6.30. The van der Waals surface area contributed by atoms with Crippen LogP contribution in [0.5, 0.6) is 0 Å². The molecule has 1 unspecified atom stereocenters. The molecule has 2 nitrogen and oxygen atoms in total. The van der Waals surface area contributed by atoms with E-state index < -0.39 is 0 Å². The molecule has 2 aromatic carbocycles. The van der Waals surface area contributed by atoms with Crippen LogP contribution >= 0.6 is 11.6 Å². The molecular formula is C18H21ClN2. The summed E-state index contributed by atoms with van der Waals surface area (Å²) in [6.45, 7) is 2.09. The van der Waals surface area contributed by atoms with Gasteiger partial charge in [-0.25, -0.2) is 5.43 Å². The smallest absolute Gasteiger partial charge is 0.0713 e. The van der Waals surface area contributed by atoms with Gasteiger partial charge in [-0.15, -0.1) is 0 Å². The van der Waals surface area contributed by atoms with E-state index in [1.165, 1.54) is 36.0 Å². The van der Waals surface area contributed by atoms with Crippen molar-refractivity contribution in [3.8, 4) is 0 Å². The second-order valence-corrected chi connectivity index (χ2v) is 6.33. The van der Waals surface area contributed by atoms with Crippen LogP contribution in [0.4, 0.5) is 0 Å². The molecule has 0 heterocycles. The molecule has 3 heteroatoms. The monoisotopic (exact) mass is 300 g/mol. The zero-order valence-corrected chi connectivity index (χ0v) is 13.0. The largest absolute Gasteiger partial charge is 0.271 e. The highest BCUT2D eigenvalue weighted by atomic mass is 35.5. The van der Waals surface area contributed by atoms with Gasteiger partial charge < -0.3 is 0 Å². The maximum absolute atomic E-state index is 6.15. The van der Waals surface area contributed by atoms with E-state index >= 15 is 0 Å². The number of rotatable bonds is 4. The third kappa shape index (κ3) is 2.98. The molecule has 0 amide bonds. The fourth-order valence-corrected chi connectivity index (χ4v) is 3.20. The molecule has 0 bridgehead atoms. The molecule has 0 radical (unpaired) electrons. The predicted octanol–water partition coefficient (Wildman–Crippen LogP) is 4.47. The summed E-state index contributed by atoms with van der Waals surface area (Å²) >= 11 is 6.15. The minimum Gasteiger partial charge on any atom is -0.271 e. The predicted molar refractivity (Wildman–Crippen MR) is 88.4 cm³/mol. The fraction of sp³-hybridized carbons (Fsp3) is 0.333. The van der Waals surface area contributed by atoms with E-state index in [0.29, 0.717) is 0 Å². The quantitative estimate of drug-likeness (QED) is 0.646. The standard InChI is InChI=1S/C18H21ClN2/c1-12-8-9-16(19)11-17(12)18(21-20)15-7-3-6-14(10-15)13-4-2-5-13/h3,6-11,13,18,21H,2,4-5,20H2,1H3. The minimum absolute atomic E-state index is 0.0243. The zero-order valence-electron chi connectivity index (χ0n) is 12.3. The van der Waals surface area contributed by atoms with Gasteiger partial charge in [-0.05, 0) is 60.1 Å². The van der Waals surface area contributed by atoms with Crippen LogP contribution in [0, 0.1) is 6.92 Å². The van der Waals surface area contributed by atoms with Gasteiger partial charge in [0, 0.05) is 5.02 Å². The molecule has 3 N–H and O–H groups in total. The van der Waals surface area contributed by atoms with Gasteiger partial charge in [0.1, 0.15) is 0 Å². The number of nitrogens with one attached hydrogen (secondary N) is 1. The van der Waals surface area contributed by atoms with Gasteiger partial charge in [-0.3, -0.25) is 5.84 Å². The van der Waals surface area contributed by atoms with Crippen molar-refractivity contribution in [3.05, 3.63) is 69.7 Å². The summed E-state index contributed by atoms with van der Waals surface area (Å²) in [5.41, 5.74) is 7.90. The number of hydrazine groups is 1. The Hall–Kier alpha value is -1.35. The highest BCUT2D eigenvalue weighted by Gasteiger charge is 2.21. The number of aryl methyl sites for hydroxylation is 1. The molecule has 3 rings (SSSR count). The Kier molecular flexibility index (Phi) is 4.29. The number of halogens is 1. The van der Waals surface area contributed by atoms with Crippen molar-refractivity contribution >= 4 is 11.6 Å². The maximum Gasteiger partial charge on any atom is 0.0713 e. The van der Waals surface area contributed by atoms with Gasteiger partial charge in [0.15, 0.2) is 0 Å². The second-order valence-electron chi connectivity index (χ2n) is 5.90. The van der Waals surface area contributed by atoms with Crippen LogP contribution < -0.4 is 11.3 Å². The van der Waals surface area contributed by atoms with Crippen LogP contribution in [0.1, 0.15) is 53.5 Å². The van der Waals surface area contributed by atoms with E-state index in [1.54, 1.807) is 0 Å². The first kappa shape index (κ1) is 14.6. The second kappa shape index (κ2) is 6.18. The molecule has 1 aliphatic carbocycles. The first-order valence-electron chi connectivity index (χ1n) is 7.51. The van der Waals surface area contributed by atoms with Crippen LogP contribution in [-0.2, 0) is 0 Å². The minimum atomic E-state index is -0.0243. The van der Waals surface area contributed by atoms with Gasteiger partial charge in [0.25, 0.3) is 0 Å². The summed E-state index contributed by atoms with van der Waals surface area (Å²) in [7, 11) is 0. The van der Waals surface area contributed by atoms with Gasteiger partial charge in [-0.1, -0.05) is 48.4 Å². The molecule has 1 aliphatic rings. The maximum atomic E-state index is 6.15. The Balaban J connectivity index is 1.97. The lowest BCUT2D eigenvalue weighted by Gasteiger charge is -2.27. The lowest BCUT2D eigenvalue weighted by Crippen LogP contribution is -2.29. The molecule has 1 saturated carbocycles. The molecule has 2 aromatic rings. The van der Waals surface area contributed by atoms with Crippen molar-refractivity contribution in [2.45, 2.75) is 38.1 Å². The Morgan fingerprint density at radius 1 is 1.19 bits per heavy atom. The number of benzene rings is 2. The first-order chi connectivity index (χ1) is 10.2. The summed E-state index contributed by atoms with van der Waals surface area (Å²) in [6.07, 6.45) is 3.96. The number of nitrogens with two attached hydrogens (primary N) is 1. The number of hydrogen-bond acceptors (Lipinski definition) is 2. The van der Waals surface area contributed by atoms with E-state index in [4.69, 9.17) is 17.4 Å². The van der Waals surface area contributed by atoms with Crippen molar-refractivity contribution in [3.63, 3.8) is 0 Å². The van der Waals surface area contributed by atoms with Crippen molar-refractivity contribution in [2.75, 3.05) is 0 Å². The fourth-order valence-electron chi connectivity index (χ4n) is 3.02. The zero-order chi connectivity index (χ0) is 14.8. The lowest BCUT2D eigenvalue weighted by molar-refractivity contribution is 0.419. The summed E-state index contributed by atoms with van der Waals surface area (Å²) in [4.78, 5) is 0. The van der Waals surface area contributed by atoms with Crippen molar-refractivity contribution in [2.24, 2.45) is 5.84 Å². The van der Waals surface area contributed by atoms with Crippen LogP contribution in [0.25, 0.3) is 0 Å². The van der Waals surface area contributed by atoms with Gasteiger partial charge in [0.2, 0.25) is 0 Å². The van der Waals surface area contributed by atoms with E-state index in [-0.39, 0.29) is 6.04 Å². The van der Waals surface area contributed by atoms with E-state index in [1.807, 2.05) is 18.2 Å². The summed E-state index contributed by atoms with van der Waals surface area (Å²) < 4.78 is 0. The molecule has 0 aliphatic heterocycles. The lowest BCUT2D eigenvalue weighted by atomic mass is 9.79. The summed E-state index contributed by atoms with van der Waals surface area (Å²) in [6, 6.07) is 14.7. The Bertz CT molecular complexity index is 635. The van der Waals surface area contributed by atoms with Gasteiger partial charge >= 0.3 is 0 Å². The van der Waals surface area contributed by atoms with E-state index in [0.717, 1.165) is 16.5 Å². The van der Waals surface area contributed by atoms with Crippen LogP contribution in [-0.4, -0.2) is 0 Å².